The van der Waals surface area contributed by atoms with Crippen LogP contribution in [0.5, 0.6) is 0 Å². The minimum Gasteiger partial charge on any atom is -0.434 e. The highest BCUT2D eigenvalue weighted by molar-refractivity contribution is 5.88. The summed E-state index contributed by atoms with van der Waals surface area (Å²) in [6, 6.07) is 0.302. The number of likely N-dealkylation sites (tertiary alicyclic amines) is 1. The molecule has 13 heteroatoms. The highest BCUT2D eigenvalue weighted by Crippen LogP contribution is 2.32. The molecule has 1 aliphatic carbocycles. The normalized spacial score (nSPS) is 26.1. The number of nitrogens with two attached hydrogens (primary N) is 1. The predicted octanol–water partition coefficient (Wildman–Crippen LogP) is 0.644. The first-order valence-electron chi connectivity index (χ1n) is 13.1. The van der Waals surface area contributed by atoms with Crippen LogP contribution in [0.4, 0.5) is 10.6 Å². The number of rotatable bonds is 7. The number of carbonyl (C=O) groups excluding carboxylic acids is 3. The lowest BCUT2D eigenvalue weighted by Gasteiger charge is -2.33. The summed E-state index contributed by atoms with van der Waals surface area (Å²) in [6.07, 6.45) is 6.45. The molecule has 3 atom stereocenters. The molecule has 1 saturated carbocycles. The Morgan fingerprint density at radius 2 is 1.97 bits per heavy atom. The Labute approximate surface area is 213 Å². The van der Waals surface area contributed by atoms with Crippen molar-refractivity contribution in [2.24, 2.45) is 5.92 Å². The van der Waals surface area contributed by atoms with Crippen LogP contribution >= 0.6 is 0 Å². The summed E-state index contributed by atoms with van der Waals surface area (Å²) in [5, 5.41) is 5.58. The summed E-state index contributed by atoms with van der Waals surface area (Å²) in [5.74, 6) is 1.12. The van der Waals surface area contributed by atoms with Gasteiger partial charge >= 0.3 is 6.09 Å². The van der Waals surface area contributed by atoms with Crippen LogP contribution < -0.4 is 16.4 Å². The van der Waals surface area contributed by atoms with Gasteiger partial charge in [-0.2, -0.15) is 0 Å². The number of nitrogen functional groups attached to an aromatic ring is 1. The number of ether oxygens (including phenoxy) is 2. The zero-order valence-corrected chi connectivity index (χ0v) is 20.6. The van der Waals surface area contributed by atoms with Crippen LogP contribution in [0.3, 0.4) is 0 Å². The SMILES string of the molecule is Nc1nc(CCC2CCN(C(=O)OC3CNC3=O)CC2)nc2c1ncn2[C@H]1CC[C@@H](C(=O)NC2CC2)O1. The van der Waals surface area contributed by atoms with Crippen LogP contribution in [0.25, 0.3) is 11.2 Å². The van der Waals surface area contributed by atoms with E-state index in [9.17, 15) is 14.4 Å². The largest absolute Gasteiger partial charge is 0.434 e. The highest BCUT2D eigenvalue weighted by Gasteiger charge is 2.36. The average molecular weight is 513 g/mol. The number of anilines is 1. The number of β-lactam (4-membered cyclic amide) rings is 1. The molecule has 0 radical (unpaired) electrons. The van der Waals surface area contributed by atoms with Gasteiger partial charge in [0.1, 0.15) is 23.7 Å². The second-order valence-electron chi connectivity index (χ2n) is 10.4. The van der Waals surface area contributed by atoms with E-state index in [1.54, 1.807) is 11.2 Å². The number of hydrogen-bond donors (Lipinski definition) is 3. The summed E-state index contributed by atoms with van der Waals surface area (Å²) in [7, 11) is 0. The monoisotopic (exact) mass is 512 g/mol. The van der Waals surface area contributed by atoms with E-state index in [-0.39, 0.29) is 18.0 Å². The van der Waals surface area contributed by atoms with Crippen molar-refractivity contribution in [1.29, 1.82) is 0 Å². The second-order valence-corrected chi connectivity index (χ2v) is 10.4. The lowest BCUT2D eigenvalue weighted by atomic mass is 9.92. The van der Waals surface area contributed by atoms with Crippen LogP contribution in [0.15, 0.2) is 6.33 Å². The molecule has 198 valence electrons. The van der Waals surface area contributed by atoms with E-state index in [2.05, 4.69) is 20.6 Å². The number of nitrogens with one attached hydrogen (secondary N) is 2. The number of carbonyl (C=O) groups is 3. The van der Waals surface area contributed by atoms with Gasteiger partial charge < -0.3 is 30.7 Å². The van der Waals surface area contributed by atoms with E-state index in [0.717, 1.165) is 32.1 Å². The first-order chi connectivity index (χ1) is 17.9. The number of amides is 3. The summed E-state index contributed by atoms with van der Waals surface area (Å²) >= 11 is 0. The Morgan fingerprint density at radius 1 is 1.16 bits per heavy atom. The number of fused-ring (bicyclic) bond motifs is 1. The quantitative estimate of drug-likeness (QED) is 0.451. The molecule has 3 amide bonds. The van der Waals surface area contributed by atoms with E-state index in [1.807, 2.05) is 4.57 Å². The first kappa shape index (κ1) is 23.9. The van der Waals surface area contributed by atoms with Crippen molar-refractivity contribution in [3.05, 3.63) is 12.2 Å². The van der Waals surface area contributed by atoms with Crippen LogP contribution in [-0.2, 0) is 25.5 Å². The van der Waals surface area contributed by atoms with Crippen LogP contribution in [0.2, 0.25) is 0 Å². The van der Waals surface area contributed by atoms with Gasteiger partial charge in [0.15, 0.2) is 17.6 Å². The highest BCUT2D eigenvalue weighted by atomic mass is 16.6. The van der Waals surface area contributed by atoms with Gasteiger partial charge in [0.2, 0.25) is 5.91 Å². The summed E-state index contributed by atoms with van der Waals surface area (Å²) in [5.41, 5.74) is 7.37. The standard InChI is InChI=1S/C24H32N8O5/c25-20-19-21(32(12-27-19)18-6-4-15(36-18)23(34)28-14-2-3-14)30-17(29-20)5-1-13-7-9-31(10-8-13)24(35)37-16-11-26-22(16)33/h12-16,18H,1-11H2,(H,26,33)(H,28,34)(H2,25,29,30)/t15-,16?,18+/m0/s1. The zero-order chi connectivity index (χ0) is 25.5. The molecule has 4 fully saturated rings. The van der Waals surface area contributed by atoms with Crippen molar-refractivity contribution in [2.45, 2.75) is 75.8 Å². The number of imidazole rings is 1. The number of aryl methyl sites for hydroxylation is 1. The van der Waals surface area contributed by atoms with Crippen molar-refractivity contribution >= 4 is 34.9 Å². The maximum atomic E-state index is 12.4. The Balaban J connectivity index is 1.04. The Hall–Kier alpha value is -3.48. The molecule has 4 aliphatic rings. The second kappa shape index (κ2) is 9.77. The molecule has 6 rings (SSSR count). The molecule has 0 bridgehead atoms. The number of nitrogens with zero attached hydrogens (tertiary/aromatic N) is 5. The Bertz CT molecular complexity index is 1210. The lowest BCUT2D eigenvalue weighted by Crippen LogP contribution is -2.56. The predicted molar refractivity (Wildman–Crippen MR) is 130 cm³/mol. The Kier molecular flexibility index (Phi) is 6.31. The van der Waals surface area contributed by atoms with E-state index >= 15 is 0 Å². The van der Waals surface area contributed by atoms with Gasteiger partial charge in [-0.15, -0.1) is 0 Å². The average Bonchev–Trinajstić information content (AvgIpc) is 3.39. The molecule has 4 N–H and O–H groups in total. The summed E-state index contributed by atoms with van der Waals surface area (Å²) < 4.78 is 13.2. The third-order valence-corrected chi connectivity index (χ3v) is 7.66. The maximum absolute atomic E-state index is 12.4. The van der Waals surface area contributed by atoms with Gasteiger partial charge in [-0.05, 0) is 50.9 Å². The summed E-state index contributed by atoms with van der Waals surface area (Å²) in [6.45, 7) is 1.58. The molecular formula is C24H32N8O5. The summed E-state index contributed by atoms with van der Waals surface area (Å²) in [4.78, 5) is 51.3. The number of piperidine rings is 1. The van der Waals surface area contributed by atoms with Crippen LogP contribution in [0, 0.1) is 5.92 Å². The smallest absolute Gasteiger partial charge is 0.410 e. The van der Waals surface area contributed by atoms with E-state index in [4.69, 9.17) is 20.2 Å². The van der Waals surface area contributed by atoms with Gasteiger partial charge in [-0.3, -0.25) is 14.2 Å². The van der Waals surface area contributed by atoms with E-state index in [1.165, 1.54) is 0 Å². The van der Waals surface area contributed by atoms with Crippen LogP contribution in [0.1, 0.15) is 57.0 Å². The lowest BCUT2D eigenvalue weighted by molar-refractivity contribution is -0.138. The molecular weight excluding hydrogens is 480 g/mol. The van der Waals surface area contributed by atoms with Crippen LogP contribution in [-0.4, -0.2) is 80.2 Å². The van der Waals surface area contributed by atoms with Gasteiger partial charge in [0.25, 0.3) is 5.91 Å². The molecule has 5 heterocycles. The third-order valence-electron chi connectivity index (χ3n) is 7.66. The van der Waals surface area contributed by atoms with Gasteiger partial charge in [-0.25, -0.2) is 19.7 Å². The fraction of sp³-hybridized carbons (Fsp3) is 0.667. The molecule has 3 aliphatic heterocycles. The molecule has 13 nitrogen and oxygen atoms in total. The molecule has 1 unspecified atom stereocenters. The van der Waals surface area contributed by atoms with Crippen molar-refractivity contribution in [2.75, 3.05) is 25.4 Å². The maximum Gasteiger partial charge on any atom is 0.410 e. The van der Waals surface area contributed by atoms with Gasteiger partial charge in [0, 0.05) is 25.6 Å². The van der Waals surface area contributed by atoms with Crippen molar-refractivity contribution < 1.29 is 23.9 Å². The Morgan fingerprint density at radius 3 is 2.68 bits per heavy atom. The fourth-order valence-electron chi connectivity index (χ4n) is 5.14. The van der Waals surface area contributed by atoms with Crippen molar-refractivity contribution in [3.8, 4) is 0 Å². The topological polar surface area (TPSA) is 167 Å². The third kappa shape index (κ3) is 5.04. The molecule has 0 aromatic carbocycles. The number of hydrogen-bond acceptors (Lipinski definition) is 9. The van der Waals surface area contributed by atoms with E-state index < -0.39 is 18.3 Å². The molecule has 37 heavy (non-hydrogen) atoms. The zero-order valence-electron chi connectivity index (χ0n) is 20.6. The minimum absolute atomic E-state index is 0.0444. The molecule has 3 saturated heterocycles. The van der Waals surface area contributed by atoms with Crippen molar-refractivity contribution in [1.82, 2.24) is 35.1 Å². The fourth-order valence-corrected chi connectivity index (χ4v) is 5.14. The number of aromatic nitrogens is 4. The molecule has 2 aromatic heterocycles. The van der Waals surface area contributed by atoms with E-state index in [0.29, 0.717) is 73.7 Å². The minimum atomic E-state index is -0.656. The van der Waals surface area contributed by atoms with Crippen molar-refractivity contribution in [3.63, 3.8) is 0 Å². The van der Waals surface area contributed by atoms with Gasteiger partial charge in [0.05, 0.1) is 12.9 Å². The first-order valence-corrected chi connectivity index (χ1v) is 13.1. The molecule has 2 aromatic rings. The van der Waals surface area contributed by atoms with Gasteiger partial charge in [-0.1, -0.05) is 0 Å². The molecule has 0 spiro atoms.